The van der Waals surface area contributed by atoms with Crippen LogP contribution in [0, 0.1) is 5.92 Å². The molecule has 0 spiro atoms. The molecule has 0 fully saturated rings. The van der Waals surface area contributed by atoms with Crippen LogP contribution in [0.2, 0.25) is 5.02 Å². The first-order chi connectivity index (χ1) is 14.0. The molecule has 0 saturated heterocycles. The Morgan fingerprint density at radius 3 is 2.93 bits per heavy atom. The fourth-order valence-corrected chi connectivity index (χ4v) is 4.08. The second-order valence-electron chi connectivity index (χ2n) is 7.65. The van der Waals surface area contributed by atoms with E-state index in [1.165, 1.54) is 27.6 Å². The van der Waals surface area contributed by atoms with Gasteiger partial charge in [-0.3, -0.25) is 18.6 Å². The van der Waals surface area contributed by atoms with Crippen LogP contribution in [-0.2, 0) is 19.4 Å². The highest BCUT2D eigenvalue weighted by atomic mass is 35.5. The lowest BCUT2D eigenvalue weighted by Gasteiger charge is -2.20. The fraction of sp³-hybridized carbons (Fsp3) is 0.286. The molecular formula is C21H18ClN5O2. The van der Waals surface area contributed by atoms with Crippen LogP contribution in [-0.4, -0.2) is 23.9 Å². The minimum Gasteiger partial charge on any atom is -0.293 e. The highest BCUT2D eigenvalue weighted by Gasteiger charge is 2.19. The average molecular weight is 408 g/mol. The molecule has 0 aromatic carbocycles. The van der Waals surface area contributed by atoms with Crippen molar-refractivity contribution in [3.63, 3.8) is 0 Å². The number of nitrogens with zero attached hydrogens (tertiary/aromatic N) is 5. The number of hydrogen-bond donors (Lipinski definition) is 0. The first-order valence-electron chi connectivity index (χ1n) is 9.54. The molecule has 8 heteroatoms. The maximum atomic E-state index is 13.0. The highest BCUT2D eigenvalue weighted by molar-refractivity contribution is 6.30. The second kappa shape index (κ2) is 6.77. The van der Waals surface area contributed by atoms with E-state index in [2.05, 4.69) is 21.9 Å². The quantitative estimate of drug-likeness (QED) is 0.510. The predicted molar refractivity (Wildman–Crippen MR) is 111 cm³/mol. The van der Waals surface area contributed by atoms with Gasteiger partial charge in [0.25, 0.3) is 11.1 Å². The van der Waals surface area contributed by atoms with Crippen molar-refractivity contribution < 1.29 is 0 Å². The Morgan fingerprint density at radius 2 is 2.07 bits per heavy atom. The molecule has 0 bridgehead atoms. The highest BCUT2D eigenvalue weighted by Crippen LogP contribution is 2.25. The summed E-state index contributed by atoms with van der Waals surface area (Å²) in [5, 5.41) is 0.957. The van der Waals surface area contributed by atoms with Crippen molar-refractivity contribution in [2.24, 2.45) is 5.92 Å². The first-order valence-corrected chi connectivity index (χ1v) is 9.91. The fourth-order valence-electron chi connectivity index (χ4n) is 3.92. The molecule has 0 aliphatic heterocycles. The summed E-state index contributed by atoms with van der Waals surface area (Å²) in [5.74, 6) is 0.587. The van der Waals surface area contributed by atoms with Crippen molar-refractivity contribution in [1.82, 2.24) is 23.9 Å². The van der Waals surface area contributed by atoms with Crippen LogP contribution in [0.3, 0.4) is 0 Å². The van der Waals surface area contributed by atoms with E-state index in [4.69, 9.17) is 11.6 Å². The molecule has 0 unspecified atom stereocenters. The normalized spacial score (nSPS) is 16.3. The molecule has 4 aromatic rings. The van der Waals surface area contributed by atoms with Crippen LogP contribution in [0.5, 0.6) is 0 Å². The molecule has 4 heterocycles. The first kappa shape index (κ1) is 18.0. The summed E-state index contributed by atoms with van der Waals surface area (Å²) in [6, 6.07) is 6.69. The van der Waals surface area contributed by atoms with Gasteiger partial charge in [-0.1, -0.05) is 18.5 Å². The SMILES string of the molecule is C[C@H]1CCc2nc3ncn(Cc4cc(=O)n5cc(Cl)ccc5n4)c(=O)c3cc2C1. The van der Waals surface area contributed by atoms with Gasteiger partial charge in [0.05, 0.1) is 22.6 Å². The molecular weight excluding hydrogens is 390 g/mol. The maximum Gasteiger partial charge on any atom is 0.263 e. The molecule has 1 atom stereocenters. The Kier molecular flexibility index (Phi) is 4.20. The van der Waals surface area contributed by atoms with Crippen LogP contribution in [0.1, 0.15) is 30.3 Å². The lowest BCUT2D eigenvalue weighted by molar-refractivity contribution is 0.495. The number of halogens is 1. The number of hydrogen-bond acceptors (Lipinski definition) is 5. The van der Waals surface area contributed by atoms with Gasteiger partial charge >= 0.3 is 0 Å². The van der Waals surface area contributed by atoms with Gasteiger partial charge in [0.2, 0.25) is 0 Å². The largest absolute Gasteiger partial charge is 0.293 e. The lowest BCUT2D eigenvalue weighted by atomic mass is 9.87. The van der Waals surface area contributed by atoms with Gasteiger partial charge < -0.3 is 0 Å². The maximum absolute atomic E-state index is 13.0. The molecule has 29 heavy (non-hydrogen) atoms. The number of aryl methyl sites for hydroxylation is 1. The zero-order valence-corrected chi connectivity index (χ0v) is 16.6. The molecule has 1 aliphatic carbocycles. The Labute approximate surface area is 170 Å². The van der Waals surface area contributed by atoms with Crippen LogP contribution < -0.4 is 11.1 Å². The van der Waals surface area contributed by atoms with E-state index in [9.17, 15) is 9.59 Å². The summed E-state index contributed by atoms with van der Waals surface area (Å²) in [6.45, 7) is 2.37. The third-order valence-corrected chi connectivity index (χ3v) is 5.66. The molecule has 5 rings (SSSR count). The molecule has 7 nitrogen and oxygen atoms in total. The smallest absolute Gasteiger partial charge is 0.263 e. The van der Waals surface area contributed by atoms with E-state index in [-0.39, 0.29) is 17.7 Å². The Balaban J connectivity index is 1.58. The van der Waals surface area contributed by atoms with Gasteiger partial charge in [-0.15, -0.1) is 0 Å². The van der Waals surface area contributed by atoms with Crippen molar-refractivity contribution >= 4 is 28.3 Å². The van der Waals surface area contributed by atoms with E-state index in [1.54, 1.807) is 12.1 Å². The molecule has 0 N–H and O–H groups in total. The van der Waals surface area contributed by atoms with Gasteiger partial charge in [-0.25, -0.2) is 15.0 Å². The van der Waals surface area contributed by atoms with Gasteiger partial charge in [-0.05, 0) is 48.9 Å². The van der Waals surface area contributed by atoms with E-state index >= 15 is 0 Å². The zero-order valence-electron chi connectivity index (χ0n) is 15.8. The van der Waals surface area contributed by atoms with Gasteiger partial charge in [0.15, 0.2) is 5.65 Å². The predicted octanol–water partition coefficient (Wildman–Crippen LogP) is 2.63. The minimum absolute atomic E-state index is 0.156. The van der Waals surface area contributed by atoms with E-state index < -0.39 is 0 Å². The summed E-state index contributed by atoms with van der Waals surface area (Å²) in [4.78, 5) is 38.9. The van der Waals surface area contributed by atoms with Gasteiger partial charge in [-0.2, -0.15) is 0 Å². The second-order valence-corrected chi connectivity index (χ2v) is 8.09. The Hall–Kier alpha value is -3.06. The zero-order chi connectivity index (χ0) is 20.1. The number of rotatable bonds is 2. The van der Waals surface area contributed by atoms with Crippen molar-refractivity contribution in [3.05, 3.63) is 79.5 Å². The number of fused-ring (bicyclic) bond motifs is 3. The van der Waals surface area contributed by atoms with Crippen molar-refractivity contribution in [1.29, 1.82) is 0 Å². The Morgan fingerprint density at radius 1 is 1.21 bits per heavy atom. The molecule has 0 radical (unpaired) electrons. The molecule has 4 aromatic heterocycles. The van der Waals surface area contributed by atoms with E-state index in [1.807, 2.05) is 6.07 Å². The van der Waals surface area contributed by atoms with Gasteiger partial charge in [0, 0.05) is 18.0 Å². The summed E-state index contributed by atoms with van der Waals surface area (Å²) < 4.78 is 2.85. The molecule has 1 aliphatic rings. The molecule has 0 amide bonds. The molecule has 146 valence electrons. The topological polar surface area (TPSA) is 82.2 Å². The van der Waals surface area contributed by atoms with Crippen LogP contribution >= 0.6 is 11.6 Å². The number of aromatic nitrogens is 5. The van der Waals surface area contributed by atoms with Crippen LogP contribution in [0.4, 0.5) is 0 Å². The van der Waals surface area contributed by atoms with E-state index in [0.29, 0.717) is 33.3 Å². The van der Waals surface area contributed by atoms with Crippen LogP contribution in [0.25, 0.3) is 16.7 Å². The monoisotopic (exact) mass is 407 g/mol. The van der Waals surface area contributed by atoms with Crippen LogP contribution in [0.15, 0.2) is 46.4 Å². The third-order valence-electron chi connectivity index (χ3n) is 5.43. The molecule has 0 saturated carbocycles. The summed E-state index contributed by atoms with van der Waals surface area (Å²) in [6.07, 6.45) is 5.96. The van der Waals surface area contributed by atoms with Crippen molar-refractivity contribution in [2.75, 3.05) is 0 Å². The average Bonchev–Trinajstić information content (AvgIpc) is 2.70. The third kappa shape index (κ3) is 3.21. The van der Waals surface area contributed by atoms with E-state index in [0.717, 1.165) is 30.5 Å². The summed E-state index contributed by atoms with van der Waals surface area (Å²) >= 11 is 5.95. The minimum atomic E-state index is -0.251. The van der Waals surface area contributed by atoms with Crippen molar-refractivity contribution in [2.45, 2.75) is 32.7 Å². The summed E-state index contributed by atoms with van der Waals surface area (Å²) in [7, 11) is 0. The van der Waals surface area contributed by atoms with Gasteiger partial charge in [0.1, 0.15) is 12.0 Å². The lowest BCUT2D eigenvalue weighted by Crippen LogP contribution is -2.24. The Bertz CT molecular complexity index is 1390. The van der Waals surface area contributed by atoms with Crippen molar-refractivity contribution in [3.8, 4) is 0 Å². The standard InChI is InChI=1S/C21H18ClN5O2/c1-12-2-4-17-13(6-12)7-16-20(25-17)23-11-26(21(16)29)10-15-8-19(28)27-9-14(22)3-5-18(27)24-15/h3,5,7-9,11-12H,2,4,6,10H2,1H3/t12-/m0/s1. The summed E-state index contributed by atoms with van der Waals surface area (Å²) in [5.41, 5.74) is 3.18. The number of pyridine rings is 2.